The average Bonchev–Trinajstić information content (AvgIpc) is 3.08. The Hall–Kier alpha value is -2.43. The van der Waals surface area contributed by atoms with Gasteiger partial charge in [-0.25, -0.2) is 4.98 Å². The van der Waals surface area contributed by atoms with E-state index in [0.29, 0.717) is 12.2 Å². The first-order valence-electron chi connectivity index (χ1n) is 7.22. The number of anilines is 1. The third-order valence-electron chi connectivity index (χ3n) is 3.58. The summed E-state index contributed by atoms with van der Waals surface area (Å²) in [7, 11) is 0. The van der Waals surface area contributed by atoms with Gasteiger partial charge in [0.05, 0.1) is 24.1 Å². The van der Waals surface area contributed by atoms with Gasteiger partial charge in [-0.05, 0) is 37.1 Å². The second-order valence-electron chi connectivity index (χ2n) is 5.11. The Kier molecular flexibility index (Phi) is 4.09. The summed E-state index contributed by atoms with van der Waals surface area (Å²) in [4.78, 5) is 22.5. The predicted molar refractivity (Wildman–Crippen MR) is 80.9 cm³/mol. The largest absolute Gasteiger partial charge is 0.378 e. The van der Waals surface area contributed by atoms with Crippen LogP contribution in [0.1, 0.15) is 29.0 Å². The monoisotopic (exact) mass is 282 g/mol. The van der Waals surface area contributed by atoms with Crippen molar-refractivity contribution in [2.24, 2.45) is 0 Å². The number of carbonyl (C=O) groups excluding carboxylic acids is 1. The molecule has 108 valence electrons. The fourth-order valence-corrected chi connectivity index (χ4v) is 2.40. The molecule has 1 aliphatic heterocycles. The van der Waals surface area contributed by atoms with Crippen molar-refractivity contribution in [3.8, 4) is 0 Å². The van der Waals surface area contributed by atoms with Crippen molar-refractivity contribution in [3.63, 3.8) is 0 Å². The highest BCUT2D eigenvalue weighted by Gasteiger charge is 2.20. The Labute approximate surface area is 124 Å². The van der Waals surface area contributed by atoms with Crippen LogP contribution in [0.25, 0.3) is 0 Å². The minimum absolute atomic E-state index is 0.0313. The fraction of sp³-hybridized carbons (Fsp3) is 0.312. The van der Waals surface area contributed by atoms with Crippen LogP contribution in [-0.4, -0.2) is 33.9 Å². The summed E-state index contributed by atoms with van der Waals surface area (Å²) in [6.45, 7) is 2.34. The highest BCUT2D eigenvalue weighted by atomic mass is 16.2. The Balaban J connectivity index is 1.60. The van der Waals surface area contributed by atoms with Crippen molar-refractivity contribution in [1.82, 2.24) is 14.9 Å². The SMILES string of the molecule is O=C(c1ccc(NCc2ccccn2)cn1)N1CCCC1. The molecule has 0 radical (unpaired) electrons. The van der Waals surface area contributed by atoms with E-state index in [1.807, 2.05) is 29.2 Å². The van der Waals surface area contributed by atoms with E-state index in [9.17, 15) is 4.79 Å². The molecule has 0 saturated carbocycles. The summed E-state index contributed by atoms with van der Waals surface area (Å²) in [5.41, 5.74) is 2.37. The van der Waals surface area contributed by atoms with Crippen LogP contribution >= 0.6 is 0 Å². The van der Waals surface area contributed by atoms with E-state index in [1.54, 1.807) is 18.5 Å². The van der Waals surface area contributed by atoms with Gasteiger partial charge in [0.2, 0.25) is 0 Å². The number of pyridine rings is 2. The van der Waals surface area contributed by atoms with Crippen molar-refractivity contribution in [3.05, 3.63) is 54.1 Å². The highest BCUT2D eigenvalue weighted by Crippen LogP contribution is 2.13. The zero-order valence-electron chi connectivity index (χ0n) is 11.8. The summed E-state index contributed by atoms with van der Waals surface area (Å²) in [5, 5.41) is 3.25. The smallest absolute Gasteiger partial charge is 0.272 e. The summed E-state index contributed by atoms with van der Waals surface area (Å²) in [5.74, 6) is 0.0313. The van der Waals surface area contributed by atoms with Crippen molar-refractivity contribution in [2.75, 3.05) is 18.4 Å². The van der Waals surface area contributed by atoms with E-state index in [1.165, 1.54) is 0 Å². The van der Waals surface area contributed by atoms with E-state index >= 15 is 0 Å². The number of aromatic nitrogens is 2. The van der Waals surface area contributed by atoms with E-state index in [4.69, 9.17) is 0 Å². The molecular formula is C16H18N4O. The highest BCUT2D eigenvalue weighted by molar-refractivity contribution is 5.92. The first-order valence-corrected chi connectivity index (χ1v) is 7.22. The van der Waals surface area contributed by atoms with Crippen LogP contribution in [0.3, 0.4) is 0 Å². The van der Waals surface area contributed by atoms with Gasteiger partial charge in [-0.15, -0.1) is 0 Å². The first kappa shape index (κ1) is 13.5. The lowest BCUT2D eigenvalue weighted by Crippen LogP contribution is -2.28. The Morgan fingerprint density at radius 3 is 2.67 bits per heavy atom. The predicted octanol–water partition coefficient (Wildman–Crippen LogP) is 2.32. The van der Waals surface area contributed by atoms with Crippen molar-refractivity contribution >= 4 is 11.6 Å². The Bertz CT molecular complexity index is 591. The fourth-order valence-electron chi connectivity index (χ4n) is 2.40. The number of rotatable bonds is 4. The summed E-state index contributed by atoms with van der Waals surface area (Å²) >= 11 is 0. The van der Waals surface area contributed by atoms with E-state index in [2.05, 4.69) is 15.3 Å². The quantitative estimate of drug-likeness (QED) is 0.935. The standard InChI is InChI=1S/C16H18N4O/c21-16(20-9-3-4-10-20)15-7-6-14(12-19-15)18-11-13-5-1-2-8-17-13/h1-2,5-8,12,18H,3-4,9-11H2. The van der Waals surface area contributed by atoms with Crippen molar-refractivity contribution < 1.29 is 4.79 Å². The molecule has 0 aromatic carbocycles. The van der Waals surface area contributed by atoms with E-state index < -0.39 is 0 Å². The summed E-state index contributed by atoms with van der Waals surface area (Å²) in [6, 6.07) is 9.48. The van der Waals surface area contributed by atoms with Gasteiger partial charge in [-0.2, -0.15) is 0 Å². The van der Waals surface area contributed by atoms with Crippen LogP contribution in [0.5, 0.6) is 0 Å². The zero-order valence-corrected chi connectivity index (χ0v) is 11.8. The van der Waals surface area contributed by atoms with Crippen molar-refractivity contribution in [2.45, 2.75) is 19.4 Å². The van der Waals surface area contributed by atoms with Gasteiger partial charge in [0.1, 0.15) is 5.69 Å². The minimum atomic E-state index is 0.0313. The third-order valence-corrected chi connectivity index (χ3v) is 3.58. The molecule has 1 aliphatic rings. The Morgan fingerprint density at radius 1 is 1.14 bits per heavy atom. The molecule has 21 heavy (non-hydrogen) atoms. The molecule has 2 aromatic heterocycles. The third kappa shape index (κ3) is 3.37. The molecule has 5 nitrogen and oxygen atoms in total. The molecule has 3 rings (SSSR count). The summed E-state index contributed by atoms with van der Waals surface area (Å²) in [6.07, 6.45) is 5.66. The number of likely N-dealkylation sites (tertiary alicyclic amines) is 1. The number of carbonyl (C=O) groups is 1. The molecular weight excluding hydrogens is 264 g/mol. The maximum atomic E-state index is 12.2. The molecule has 1 N–H and O–H groups in total. The van der Waals surface area contributed by atoms with Crippen LogP contribution in [0.2, 0.25) is 0 Å². The molecule has 2 aromatic rings. The number of hydrogen-bond acceptors (Lipinski definition) is 4. The molecule has 5 heteroatoms. The maximum Gasteiger partial charge on any atom is 0.272 e. The lowest BCUT2D eigenvalue weighted by atomic mass is 10.3. The van der Waals surface area contributed by atoms with Crippen LogP contribution in [-0.2, 0) is 6.54 Å². The van der Waals surface area contributed by atoms with Gasteiger partial charge in [0.15, 0.2) is 0 Å². The van der Waals surface area contributed by atoms with Crippen LogP contribution < -0.4 is 5.32 Å². The second kappa shape index (κ2) is 6.35. The van der Waals surface area contributed by atoms with Crippen molar-refractivity contribution in [1.29, 1.82) is 0 Å². The minimum Gasteiger partial charge on any atom is -0.378 e. The van der Waals surface area contributed by atoms with Gasteiger partial charge in [0.25, 0.3) is 5.91 Å². The zero-order chi connectivity index (χ0) is 14.5. The van der Waals surface area contributed by atoms with Gasteiger partial charge >= 0.3 is 0 Å². The lowest BCUT2D eigenvalue weighted by molar-refractivity contribution is 0.0787. The molecule has 1 fully saturated rings. The molecule has 3 heterocycles. The summed E-state index contributed by atoms with van der Waals surface area (Å²) < 4.78 is 0. The van der Waals surface area contributed by atoms with Crippen LogP contribution in [0, 0.1) is 0 Å². The number of amides is 1. The maximum absolute atomic E-state index is 12.2. The molecule has 0 atom stereocenters. The Morgan fingerprint density at radius 2 is 2.00 bits per heavy atom. The average molecular weight is 282 g/mol. The molecule has 0 bridgehead atoms. The molecule has 1 amide bonds. The van der Waals surface area contributed by atoms with Gasteiger partial charge in [0, 0.05) is 19.3 Å². The normalized spacial score (nSPS) is 14.2. The van der Waals surface area contributed by atoms with E-state index in [0.717, 1.165) is 37.3 Å². The topological polar surface area (TPSA) is 58.1 Å². The molecule has 0 unspecified atom stereocenters. The van der Waals surface area contributed by atoms with Crippen LogP contribution in [0.15, 0.2) is 42.7 Å². The van der Waals surface area contributed by atoms with Gasteiger partial charge in [-0.1, -0.05) is 6.07 Å². The first-order chi connectivity index (χ1) is 10.3. The number of nitrogens with zero attached hydrogens (tertiary/aromatic N) is 3. The molecule has 0 spiro atoms. The number of nitrogens with one attached hydrogen (secondary N) is 1. The van der Waals surface area contributed by atoms with E-state index in [-0.39, 0.29) is 5.91 Å². The van der Waals surface area contributed by atoms with Crippen LogP contribution in [0.4, 0.5) is 5.69 Å². The lowest BCUT2D eigenvalue weighted by Gasteiger charge is -2.14. The number of hydrogen-bond donors (Lipinski definition) is 1. The van der Waals surface area contributed by atoms with Gasteiger partial charge in [-0.3, -0.25) is 9.78 Å². The molecule has 0 aliphatic carbocycles. The molecule has 1 saturated heterocycles. The van der Waals surface area contributed by atoms with Gasteiger partial charge < -0.3 is 10.2 Å². The second-order valence-corrected chi connectivity index (χ2v) is 5.11.